The molecule has 2 N–H and O–H groups in total. The number of amides is 2. The van der Waals surface area contributed by atoms with E-state index in [0.29, 0.717) is 17.3 Å². The van der Waals surface area contributed by atoms with Gasteiger partial charge in [-0.2, -0.15) is 0 Å². The summed E-state index contributed by atoms with van der Waals surface area (Å²) in [6.45, 7) is 5.96. The van der Waals surface area contributed by atoms with E-state index in [-0.39, 0.29) is 11.8 Å². The van der Waals surface area contributed by atoms with Gasteiger partial charge in [0.1, 0.15) is 6.04 Å². The van der Waals surface area contributed by atoms with Crippen molar-refractivity contribution < 1.29 is 9.59 Å². The maximum absolute atomic E-state index is 12.5. The molecule has 3 rings (SSSR count). The van der Waals surface area contributed by atoms with Gasteiger partial charge in [0.25, 0.3) is 0 Å². The van der Waals surface area contributed by atoms with Crippen LogP contribution >= 0.6 is 11.6 Å². The number of anilines is 3. The molecule has 2 amide bonds. The Morgan fingerprint density at radius 1 is 1.23 bits per heavy atom. The second-order valence-electron chi connectivity index (χ2n) is 6.53. The van der Waals surface area contributed by atoms with Crippen LogP contribution in [0.25, 0.3) is 0 Å². The van der Waals surface area contributed by atoms with Gasteiger partial charge < -0.3 is 15.5 Å². The average Bonchev–Trinajstić information content (AvgIpc) is 3.02. The molecule has 0 aromatic heterocycles. The maximum atomic E-state index is 12.5. The lowest BCUT2D eigenvalue weighted by atomic mass is 10.1. The Kier molecular flexibility index (Phi) is 5.18. The Morgan fingerprint density at radius 2 is 2.00 bits per heavy atom. The minimum absolute atomic E-state index is 0.0501. The molecule has 1 aliphatic heterocycles. The lowest BCUT2D eigenvalue weighted by Crippen LogP contribution is -2.32. The number of carbonyl (C=O) groups is 2. The van der Waals surface area contributed by atoms with Crippen molar-refractivity contribution in [2.45, 2.75) is 33.2 Å². The molecule has 6 heteroatoms. The number of nitrogens with zero attached hydrogens (tertiary/aromatic N) is 1. The van der Waals surface area contributed by atoms with Crippen molar-refractivity contribution in [3.63, 3.8) is 0 Å². The standard InChI is InChI=1S/C20H22ClN3O2/c1-12-17(21)5-4-6-18(12)23-20(26)13(2)22-16-7-8-19-15(11-16)9-10-24(19)14(3)25/h4-8,11,13,22H,9-10H2,1-3H3,(H,23,26)/t13-/m1/s1. The molecule has 1 atom stereocenters. The summed E-state index contributed by atoms with van der Waals surface area (Å²) in [5, 5.41) is 6.75. The third-order valence-corrected chi connectivity index (χ3v) is 5.07. The van der Waals surface area contributed by atoms with Gasteiger partial charge in [0.2, 0.25) is 11.8 Å². The number of hydrogen-bond acceptors (Lipinski definition) is 3. The first-order valence-corrected chi connectivity index (χ1v) is 8.98. The number of carbonyl (C=O) groups excluding carboxylic acids is 2. The van der Waals surface area contributed by atoms with Gasteiger partial charge in [-0.1, -0.05) is 17.7 Å². The highest BCUT2D eigenvalue weighted by Gasteiger charge is 2.23. The molecule has 1 heterocycles. The van der Waals surface area contributed by atoms with Crippen molar-refractivity contribution >= 4 is 40.5 Å². The van der Waals surface area contributed by atoms with Gasteiger partial charge in [-0.25, -0.2) is 0 Å². The van der Waals surface area contributed by atoms with Crippen molar-refractivity contribution in [2.24, 2.45) is 0 Å². The van der Waals surface area contributed by atoms with Crippen LogP contribution in [0, 0.1) is 6.92 Å². The molecule has 0 aliphatic carbocycles. The zero-order chi connectivity index (χ0) is 18.8. The van der Waals surface area contributed by atoms with Crippen LogP contribution in [0.2, 0.25) is 5.02 Å². The quantitative estimate of drug-likeness (QED) is 0.854. The van der Waals surface area contributed by atoms with E-state index >= 15 is 0 Å². The third-order valence-electron chi connectivity index (χ3n) is 4.66. The molecule has 0 bridgehead atoms. The smallest absolute Gasteiger partial charge is 0.246 e. The molecule has 0 spiro atoms. The number of rotatable bonds is 4. The molecule has 26 heavy (non-hydrogen) atoms. The fraction of sp³-hybridized carbons (Fsp3) is 0.300. The summed E-state index contributed by atoms with van der Waals surface area (Å²) in [5.74, 6) is -0.0877. The molecule has 2 aromatic rings. The van der Waals surface area contributed by atoms with Gasteiger partial charge in [0.05, 0.1) is 0 Å². The predicted molar refractivity (Wildman–Crippen MR) is 106 cm³/mol. The number of halogens is 1. The predicted octanol–water partition coefficient (Wildman–Crippen LogP) is 4.00. The number of benzene rings is 2. The van der Waals surface area contributed by atoms with Crippen LogP contribution in [-0.2, 0) is 16.0 Å². The number of hydrogen-bond donors (Lipinski definition) is 2. The zero-order valence-corrected chi connectivity index (χ0v) is 15.9. The number of fused-ring (bicyclic) bond motifs is 1. The fourth-order valence-corrected chi connectivity index (χ4v) is 3.29. The van der Waals surface area contributed by atoms with Crippen LogP contribution in [0.15, 0.2) is 36.4 Å². The molecule has 1 aliphatic rings. The summed E-state index contributed by atoms with van der Waals surface area (Å²) in [4.78, 5) is 25.9. The van der Waals surface area contributed by atoms with E-state index in [9.17, 15) is 9.59 Å². The summed E-state index contributed by atoms with van der Waals surface area (Å²) < 4.78 is 0. The molecular formula is C20H22ClN3O2. The minimum Gasteiger partial charge on any atom is -0.374 e. The molecule has 0 unspecified atom stereocenters. The van der Waals surface area contributed by atoms with Crippen molar-refractivity contribution in [2.75, 3.05) is 22.1 Å². The van der Waals surface area contributed by atoms with E-state index in [2.05, 4.69) is 10.6 Å². The summed E-state index contributed by atoms with van der Waals surface area (Å²) in [7, 11) is 0. The summed E-state index contributed by atoms with van der Waals surface area (Å²) >= 11 is 6.10. The van der Waals surface area contributed by atoms with E-state index in [1.165, 1.54) is 0 Å². The van der Waals surface area contributed by atoms with Crippen molar-refractivity contribution in [3.8, 4) is 0 Å². The van der Waals surface area contributed by atoms with Gasteiger partial charge in [0, 0.05) is 35.6 Å². The second-order valence-corrected chi connectivity index (χ2v) is 6.94. The highest BCUT2D eigenvalue weighted by atomic mass is 35.5. The Labute approximate surface area is 158 Å². The van der Waals surface area contributed by atoms with Gasteiger partial charge in [-0.15, -0.1) is 0 Å². The highest BCUT2D eigenvalue weighted by Crippen LogP contribution is 2.30. The topological polar surface area (TPSA) is 61.4 Å². The van der Waals surface area contributed by atoms with Gasteiger partial charge in [0.15, 0.2) is 0 Å². The molecule has 0 fully saturated rings. The average molecular weight is 372 g/mol. The SMILES string of the molecule is CC(=O)N1CCc2cc(N[C@H](C)C(=O)Nc3cccc(Cl)c3C)ccc21. The van der Waals surface area contributed by atoms with Crippen LogP contribution in [-0.4, -0.2) is 24.4 Å². The third kappa shape index (κ3) is 3.68. The van der Waals surface area contributed by atoms with Crippen molar-refractivity contribution in [3.05, 3.63) is 52.5 Å². The molecule has 5 nitrogen and oxygen atoms in total. The summed E-state index contributed by atoms with van der Waals surface area (Å²) in [5.41, 5.74) is 4.48. The number of nitrogens with one attached hydrogen (secondary N) is 2. The van der Waals surface area contributed by atoms with Crippen molar-refractivity contribution in [1.82, 2.24) is 0 Å². The Balaban J connectivity index is 1.68. The van der Waals surface area contributed by atoms with E-state index in [0.717, 1.165) is 28.9 Å². The lowest BCUT2D eigenvalue weighted by molar-refractivity contribution is -0.117. The van der Waals surface area contributed by atoms with E-state index in [1.54, 1.807) is 17.9 Å². The second kappa shape index (κ2) is 7.38. The Morgan fingerprint density at radius 3 is 2.73 bits per heavy atom. The van der Waals surface area contributed by atoms with Crippen LogP contribution in [0.4, 0.5) is 17.1 Å². The first-order valence-electron chi connectivity index (χ1n) is 8.60. The maximum Gasteiger partial charge on any atom is 0.246 e. The van der Waals surface area contributed by atoms with Gasteiger partial charge >= 0.3 is 0 Å². The summed E-state index contributed by atoms with van der Waals surface area (Å²) in [6, 6.07) is 10.8. The largest absolute Gasteiger partial charge is 0.374 e. The van der Waals surface area contributed by atoms with E-state index in [4.69, 9.17) is 11.6 Å². The van der Waals surface area contributed by atoms with Crippen LogP contribution in [0.3, 0.4) is 0 Å². The molecule has 136 valence electrons. The molecule has 0 saturated heterocycles. The van der Waals surface area contributed by atoms with E-state index in [1.807, 2.05) is 44.2 Å². The van der Waals surface area contributed by atoms with E-state index < -0.39 is 6.04 Å². The van der Waals surface area contributed by atoms with Gasteiger partial charge in [-0.3, -0.25) is 9.59 Å². The first-order chi connectivity index (χ1) is 12.4. The lowest BCUT2D eigenvalue weighted by Gasteiger charge is -2.18. The molecule has 2 aromatic carbocycles. The Hall–Kier alpha value is -2.53. The minimum atomic E-state index is -0.420. The molecule has 0 saturated carbocycles. The highest BCUT2D eigenvalue weighted by molar-refractivity contribution is 6.31. The van der Waals surface area contributed by atoms with Crippen LogP contribution in [0.5, 0.6) is 0 Å². The molecule has 0 radical (unpaired) electrons. The fourth-order valence-electron chi connectivity index (χ4n) is 3.12. The Bertz CT molecular complexity index is 866. The van der Waals surface area contributed by atoms with Crippen LogP contribution in [0.1, 0.15) is 25.0 Å². The normalized spacial score (nSPS) is 13.9. The van der Waals surface area contributed by atoms with Crippen LogP contribution < -0.4 is 15.5 Å². The zero-order valence-electron chi connectivity index (χ0n) is 15.1. The monoisotopic (exact) mass is 371 g/mol. The first kappa shape index (κ1) is 18.3. The van der Waals surface area contributed by atoms with Gasteiger partial charge in [-0.05, 0) is 61.7 Å². The van der Waals surface area contributed by atoms with Crippen molar-refractivity contribution in [1.29, 1.82) is 0 Å². The summed E-state index contributed by atoms with van der Waals surface area (Å²) in [6.07, 6.45) is 0.826. The molecular weight excluding hydrogens is 350 g/mol.